The van der Waals surface area contributed by atoms with Gasteiger partial charge in [-0.05, 0) is 19.4 Å². The Bertz CT molecular complexity index is 213. The van der Waals surface area contributed by atoms with Gasteiger partial charge in [-0.3, -0.25) is 4.79 Å². The van der Waals surface area contributed by atoms with Crippen LogP contribution in [0.15, 0.2) is 0 Å². The van der Waals surface area contributed by atoms with E-state index in [4.69, 9.17) is 0 Å². The molecule has 0 aromatic rings. The van der Waals surface area contributed by atoms with Crippen molar-refractivity contribution in [1.82, 2.24) is 10.6 Å². The molecule has 0 spiro atoms. The van der Waals surface area contributed by atoms with E-state index in [1.807, 2.05) is 11.8 Å². The summed E-state index contributed by atoms with van der Waals surface area (Å²) < 4.78 is 0.288. The first-order chi connectivity index (χ1) is 6.99. The monoisotopic (exact) mass is 266 g/mol. The molecule has 1 fully saturated rings. The molecule has 0 bridgehead atoms. The predicted octanol–water partition coefficient (Wildman–Crippen LogP) is 1.81. The van der Waals surface area contributed by atoms with Gasteiger partial charge in [0.1, 0.15) is 0 Å². The van der Waals surface area contributed by atoms with Gasteiger partial charge >= 0.3 is 0 Å². The Morgan fingerprint density at radius 2 is 2.19 bits per heavy atom. The summed E-state index contributed by atoms with van der Waals surface area (Å²) in [5, 5.41) is 6.17. The number of amides is 1. The summed E-state index contributed by atoms with van der Waals surface area (Å²) in [5.74, 6) is 1.16. The topological polar surface area (TPSA) is 41.1 Å². The maximum absolute atomic E-state index is 11.6. The molecular formula is C11H23ClN2OS. The highest BCUT2D eigenvalue weighted by molar-refractivity contribution is 8.00. The van der Waals surface area contributed by atoms with E-state index in [1.54, 1.807) is 0 Å². The third kappa shape index (κ3) is 6.61. The number of carbonyl (C=O) groups excluding carboxylic acids is 1. The van der Waals surface area contributed by atoms with E-state index >= 15 is 0 Å². The largest absolute Gasteiger partial charge is 0.354 e. The van der Waals surface area contributed by atoms with Crippen molar-refractivity contribution >= 4 is 30.1 Å². The number of thioether (sulfide) groups is 1. The Morgan fingerprint density at radius 3 is 2.69 bits per heavy atom. The molecular weight excluding hydrogens is 244 g/mol. The maximum atomic E-state index is 11.6. The van der Waals surface area contributed by atoms with E-state index in [0.29, 0.717) is 0 Å². The van der Waals surface area contributed by atoms with Crippen molar-refractivity contribution in [2.24, 2.45) is 0 Å². The number of halogens is 1. The molecule has 1 rings (SSSR count). The van der Waals surface area contributed by atoms with Crippen LogP contribution in [0, 0.1) is 0 Å². The van der Waals surface area contributed by atoms with Gasteiger partial charge in [0.15, 0.2) is 0 Å². The second-order valence-electron chi connectivity index (χ2n) is 4.90. The van der Waals surface area contributed by atoms with Crippen LogP contribution in [0.25, 0.3) is 0 Å². The van der Waals surface area contributed by atoms with Gasteiger partial charge in [-0.2, -0.15) is 11.8 Å². The van der Waals surface area contributed by atoms with Crippen LogP contribution in [0.5, 0.6) is 0 Å². The Kier molecular flexibility index (Phi) is 7.44. The summed E-state index contributed by atoms with van der Waals surface area (Å²) in [4.78, 5) is 11.6. The third-order valence-electron chi connectivity index (χ3n) is 2.31. The summed E-state index contributed by atoms with van der Waals surface area (Å²) >= 11 is 1.88. The van der Waals surface area contributed by atoms with Crippen molar-refractivity contribution in [2.75, 3.05) is 18.8 Å². The van der Waals surface area contributed by atoms with Gasteiger partial charge < -0.3 is 10.6 Å². The first kappa shape index (κ1) is 16.1. The van der Waals surface area contributed by atoms with E-state index < -0.39 is 0 Å². The lowest BCUT2D eigenvalue weighted by Gasteiger charge is -2.18. The van der Waals surface area contributed by atoms with E-state index in [-0.39, 0.29) is 29.1 Å². The quantitative estimate of drug-likeness (QED) is 0.763. The highest BCUT2D eigenvalue weighted by atomic mass is 35.5. The van der Waals surface area contributed by atoms with E-state index in [1.165, 1.54) is 0 Å². The van der Waals surface area contributed by atoms with Crippen LogP contribution in [0.2, 0.25) is 0 Å². The highest BCUT2D eigenvalue weighted by Crippen LogP contribution is 2.22. The van der Waals surface area contributed by atoms with E-state index in [2.05, 4.69) is 31.4 Å². The molecule has 1 amide bonds. The molecule has 0 radical (unpaired) electrons. The summed E-state index contributed by atoms with van der Waals surface area (Å²) in [6.45, 7) is 8.34. The molecule has 5 heteroatoms. The summed E-state index contributed by atoms with van der Waals surface area (Å²) in [6, 6.07) is 0.0598. The molecule has 1 saturated heterocycles. The molecule has 3 nitrogen and oxygen atoms in total. The van der Waals surface area contributed by atoms with Crippen LogP contribution >= 0.6 is 24.2 Å². The van der Waals surface area contributed by atoms with Crippen molar-refractivity contribution in [3.63, 3.8) is 0 Å². The minimum Gasteiger partial charge on any atom is -0.354 e. The normalized spacial score (nSPS) is 20.3. The van der Waals surface area contributed by atoms with Gasteiger partial charge in [-0.25, -0.2) is 0 Å². The molecule has 0 aromatic carbocycles. The van der Waals surface area contributed by atoms with Gasteiger partial charge in [-0.1, -0.05) is 20.8 Å². The van der Waals surface area contributed by atoms with E-state index in [9.17, 15) is 4.79 Å². The molecule has 16 heavy (non-hydrogen) atoms. The molecule has 1 unspecified atom stereocenters. The Hall–Kier alpha value is 0.0700. The lowest BCUT2D eigenvalue weighted by molar-refractivity contribution is -0.122. The molecule has 1 aliphatic heterocycles. The standard InChI is InChI=1S/C11H22N2OS.ClH/c1-11(2,3)15-8-7-13-10(14)9-5-4-6-12-9;/h9,12H,4-8H2,1-3H3,(H,13,14);1H. The average Bonchev–Trinajstić information content (AvgIpc) is 2.63. The van der Waals surface area contributed by atoms with Crippen LogP contribution < -0.4 is 10.6 Å². The van der Waals surface area contributed by atoms with Crippen molar-refractivity contribution in [3.8, 4) is 0 Å². The van der Waals surface area contributed by atoms with Gasteiger partial charge in [-0.15, -0.1) is 12.4 Å². The molecule has 2 N–H and O–H groups in total. The molecule has 1 aliphatic rings. The first-order valence-electron chi connectivity index (χ1n) is 5.64. The Morgan fingerprint density at radius 1 is 1.50 bits per heavy atom. The number of carbonyl (C=O) groups is 1. The van der Waals surface area contributed by atoms with Crippen LogP contribution in [0.3, 0.4) is 0 Å². The van der Waals surface area contributed by atoms with Gasteiger partial charge in [0.2, 0.25) is 5.91 Å². The smallest absolute Gasteiger partial charge is 0.237 e. The summed E-state index contributed by atoms with van der Waals surface area (Å²) in [6.07, 6.45) is 2.10. The van der Waals surface area contributed by atoms with Gasteiger partial charge in [0.05, 0.1) is 6.04 Å². The highest BCUT2D eigenvalue weighted by Gasteiger charge is 2.21. The molecule has 1 heterocycles. The Labute approximate surface area is 109 Å². The van der Waals surface area contributed by atoms with Crippen molar-refractivity contribution in [1.29, 1.82) is 0 Å². The van der Waals surface area contributed by atoms with E-state index in [0.717, 1.165) is 31.7 Å². The van der Waals surface area contributed by atoms with Crippen molar-refractivity contribution in [2.45, 2.75) is 44.4 Å². The average molecular weight is 267 g/mol. The van der Waals surface area contributed by atoms with Crippen LogP contribution in [0.1, 0.15) is 33.6 Å². The molecule has 0 saturated carbocycles. The predicted molar refractivity (Wildman–Crippen MR) is 73.5 cm³/mol. The second kappa shape index (κ2) is 7.41. The molecule has 1 atom stereocenters. The third-order valence-corrected chi connectivity index (χ3v) is 3.59. The second-order valence-corrected chi connectivity index (χ2v) is 6.82. The first-order valence-corrected chi connectivity index (χ1v) is 6.63. The van der Waals surface area contributed by atoms with Crippen molar-refractivity contribution in [3.05, 3.63) is 0 Å². The fourth-order valence-electron chi connectivity index (χ4n) is 1.56. The summed E-state index contributed by atoms with van der Waals surface area (Å²) in [7, 11) is 0. The zero-order chi connectivity index (χ0) is 11.3. The number of rotatable bonds is 4. The zero-order valence-electron chi connectivity index (χ0n) is 10.3. The Balaban J connectivity index is 0.00000225. The number of hydrogen-bond donors (Lipinski definition) is 2. The lowest BCUT2D eigenvalue weighted by atomic mass is 10.2. The lowest BCUT2D eigenvalue weighted by Crippen LogP contribution is -2.41. The van der Waals surface area contributed by atoms with Gasteiger partial charge in [0.25, 0.3) is 0 Å². The maximum Gasteiger partial charge on any atom is 0.237 e. The van der Waals surface area contributed by atoms with Crippen LogP contribution in [-0.4, -0.2) is 35.5 Å². The number of nitrogens with one attached hydrogen (secondary N) is 2. The molecule has 0 aliphatic carbocycles. The molecule has 96 valence electrons. The fourth-order valence-corrected chi connectivity index (χ4v) is 2.38. The number of hydrogen-bond acceptors (Lipinski definition) is 3. The SMILES string of the molecule is CC(C)(C)SCCNC(=O)C1CCCN1.Cl. The van der Waals surface area contributed by atoms with Gasteiger partial charge in [0, 0.05) is 17.0 Å². The van der Waals surface area contributed by atoms with Crippen molar-refractivity contribution < 1.29 is 4.79 Å². The fraction of sp³-hybridized carbons (Fsp3) is 0.909. The van der Waals surface area contributed by atoms with Crippen LogP contribution in [0.4, 0.5) is 0 Å². The minimum atomic E-state index is 0. The minimum absolute atomic E-state index is 0. The summed E-state index contributed by atoms with van der Waals surface area (Å²) in [5.41, 5.74) is 0. The zero-order valence-corrected chi connectivity index (χ0v) is 12.0. The van der Waals surface area contributed by atoms with Crippen LogP contribution in [-0.2, 0) is 4.79 Å². The molecule has 0 aromatic heterocycles.